The van der Waals surface area contributed by atoms with Crippen LogP contribution in [-0.4, -0.2) is 34.4 Å². The Labute approximate surface area is 108 Å². The van der Waals surface area contributed by atoms with Crippen molar-refractivity contribution in [1.82, 2.24) is 5.32 Å². The molecule has 1 aromatic rings. The number of nitrogens with one attached hydrogen (secondary N) is 2. The van der Waals surface area contributed by atoms with Gasteiger partial charge in [0.2, 0.25) is 0 Å². The van der Waals surface area contributed by atoms with Crippen LogP contribution < -0.4 is 10.6 Å². The van der Waals surface area contributed by atoms with Gasteiger partial charge in [0.25, 0.3) is 0 Å². The van der Waals surface area contributed by atoms with Gasteiger partial charge in [0.1, 0.15) is 5.00 Å². The molecule has 0 spiro atoms. The van der Waals surface area contributed by atoms with E-state index in [1.807, 2.05) is 0 Å². The molecule has 7 heteroatoms. The molecule has 1 aromatic heterocycles. The Bertz CT molecular complexity index is 467. The van der Waals surface area contributed by atoms with E-state index in [0.29, 0.717) is 17.8 Å². The molecular weight excluding hydrogens is 256 g/mol. The highest BCUT2D eigenvalue weighted by Gasteiger charge is 2.34. The minimum absolute atomic E-state index is 0.0671. The first-order valence-corrected chi connectivity index (χ1v) is 6.46. The van der Waals surface area contributed by atoms with E-state index in [2.05, 4.69) is 10.6 Å². The van der Waals surface area contributed by atoms with Crippen molar-refractivity contribution < 1.29 is 19.8 Å². The second-order valence-electron chi connectivity index (χ2n) is 4.35. The fraction of sp³-hybridized carbons (Fsp3) is 0.455. The Morgan fingerprint density at radius 2 is 2.17 bits per heavy atom. The number of aromatic carboxylic acids is 1. The first kappa shape index (κ1) is 12.8. The first-order chi connectivity index (χ1) is 8.50. The lowest BCUT2D eigenvalue weighted by Crippen LogP contribution is -2.48. The molecule has 1 saturated carbocycles. The molecule has 0 aromatic carbocycles. The van der Waals surface area contributed by atoms with Crippen LogP contribution in [-0.2, 0) is 0 Å². The summed E-state index contributed by atoms with van der Waals surface area (Å²) in [7, 11) is 0. The number of carbonyl (C=O) groups is 2. The largest absolute Gasteiger partial charge is 0.478 e. The molecule has 0 unspecified atom stereocenters. The number of amides is 2. The maximum absolute atomic E-state index is 11.6. The lowest BCUT2D eigenvalue weighted by atomic mass is 9.80. The van der Waals surface area contributed by atoms with Crippen LogP contribution >= 0.6 is 11.3 Å². The Kier molecular flexibility index (Phi) is 3.53. The Hall–Kier alpha value is -1.60. The number of anilines is 1. The second kappa shape index (κ2) is 4.95. The molecule has 98 valence electrons. The second-order valence-corrected chi connectivity index (χ2v) is 5.27. The lowest BCUT2D eigenvalue weighted by molar-refractivity contribution is -0.0287. The van der Waals surface area contributed by atoms with Gasteiger partial charge < -0.3 is 15.5 Å². The van der Waals surface area contributed by atoms with E-state index in [9.17, 15) is 14.7 Å². The molecule has 1 fully saturated rings. The number of hydrogen-bond acceptors (Lipinski definition) is 4. The zero-order valence-electron chi connectivity index (χ0n) is 9.60. The van der Waals surface area contributed by atoms with Gasteiger partial charge in [0.05, 0.1) is 11.2 Å². The predicted octanol–water partition coefficient (Wildman–Crippen LogP) is 1.48. The van der Waals surface area contributed by atoms with Crippen LogP contribution in [0.4, 0.5) is 9.80 Å². The molecule has 6 nitrogen and oxygen atoms in total. The van der Waals surface area contributed by atoms with E-state index in [4.69, 9.17) is 5.11 Å². The van der Waals surface area contributed by atoms with Gasteiger partial charge in [-0.25, -0.2) is 9.59 Å². The number of carbonyl (C=O) groups excluding carboxylic acids is 1. The molecule has 2 amide bonds. The van der Waals surface area contributed by atoms with E-state index in [1.165, 1.54) is 6.07 Å². The van der Waals surface area contributed by atoms with Crippen LogP contribution in [0.1, 0.15) is 29.6 Å². The fourth-order valence-electron chi connectivity index (χ4n) is 1.73. The number of rotatable bonds is 4. The average Bonchev–Trinajstić information content (AvgIpc) is 2.72. The van der Waals surface area contributed by atoms with Crippen LogP contribution in [0.25, 0.3) is 0 Å². The molecule has 0 atom stereocenters. The van der Waals surface area contributed by atoms with Crippen molar-refractivity contribution in [3.8, 4) is 0 Å². The molecule has 1 aliphatic carbocycles. The van der Waals surface area contributed by atoms with Crippen molar-refractivity contribution in [2.45, 2.75) is 24.9 Å². The molecule has 1 aliphatic rings. The van der Waals surface area contributed by atoms with Gasteiger partial charge in [-0.15, -0.1) is 11.3 Å². The summed E-state index contributed by atoms with van der Waals surface area (Å²) in [5, 5.41) is 25.6. The smallest absolute Gasteiger partial charge is 0.338 e. The van der Waals surface area contributed by atoms with Crippen LogP contribution in [0.2, 0.25) is 0 Å². The van der Waals surface area contributed by atoms with E-state index < -0.39 is 17.6 Å². The van der Waals surface area contributed by atoms with Gasteiger partial charge in [-0.1, -0.05) is 0 Å². The quantitative estimate of drug-likeness (QED) is 0.666. The molecular formula is C11H14N2O4S. The SMILES string of the molecule is O=C(NCC1(O)CCC1)Nc1sccc1C(=O)O. The number of thiophene rings is 1. The zero-order valence-corrected chi connectivity index (χ0v) is 10.4. The van der Waals surface area contributed by atoms with Crippen molar-refractivity contribution in [1.29, 1.82) is 0 Å². The van der Waals surface area contributed by atoms with Crippen molar-refractivity contribution in [3.05, 3.63) is 17.0 Å². The van der Waals surface area contributed by atoms with Crippen LogP contribution in [0.3, 0.4) is 0 Å². The molecule has 0 bridgehead atoms. The maximum atomic E-state index is 11.6. The molecule has 18 heavy (non-hydrogen) atoms. The van der Waals surface area contributed by atoms with Crippen molar-refractivity contribution in [3.63, 3.8) is 0 Å². The third-order valence-corrected chi connectivity index (χ3v) is 3.81. The topological polar surface area (TPSA) is 98.7 Å². The third-order valence-electron chi connectivity index (χ3n) is 2.98. The van der Waals surface area contributed by atoms with Crippen molar-refractivity contribution in [2.24, 2.45) is 0 Å². The Morgan fingerprint density at radius 1 is 1.44 bits per heavy atom. The van der Waals surface area contributed by atoms with E-state index >= 15 is 0 Å². The van der Waals surface area contributed by atoms with Crippen molar-refractivity contribution >= 4 is 28.3 Å². The van der Waals surface area contributed by atoms with E-state index in [-0.39, 0.29) is 12.1 Å². The fourth-order valence-corrected chi connectivity index (χ4v) is 2.50. The van der Waals surface area contributed by atoms with Gasteiger partial charge in [-0.3, -0.25) is 5.32 Å². The summed E-state index contributed by atoms with van der Waals surface area (Å²) in [5.41, 5.74) is -0.722. The number of aliphatic hydroxyl groups is 1. The highest BCUT2D eigenvalue weighted by molar-refractivity contribution is 7.14. The zero-order chi connectivity index (χ0) is 13.2. The predicted molar refractivity (Wildman–Crippen MR) is 67.1 cm³/mol. The van der Waals surface area contributed by atoms with Gasteiger partial charge in [-0.2, -0.15) is 0 Å². The number of urea groups is 1. The minimum atomic E-state index is -1.08. The van der Waals surface area contributed by atoms with Crippen LogP contribution in [0, 0.1) is 0 Å². The van der Waals surface area contributed by atoms with Gasteiger partial charge in [0, 0.05) is 6.54 Å². The summed E-state index contributed by atoms with van der Waals surface area (Å²) >= 11 is 1.14. The number of carboxylic acids is 1. The summed E-state index contributed by atoms with van der Waals surface area (Å²) < 4.78 is 0. The Morgan fingerprint density at radius 3 is 2.72 bits per heavy atom. The summed E-state index contributed by atoms with van der Waals surface area (Å²) in [4.78, 5) is 22.4. The summed E-state index contributed by atoms with van der Waals surface area (Å²) in [5.74, 6) is -1.08. The highest BCUT2D eigenvalue weighted by Crippen LogP contribution is 2.30. The highest BCUT2D eigenvalue weighted by atomic mass is 32.1. The summed E-state index contributed by atoms with van der Waals surface area (Å²) in [6.07, 6.45) is 2.34. The van der Waals surface area contributed by atoms with Crippen LogP contribution in [0.15, 0.2) is 11.4 Å². The van der Waals surface area contributed by atoms with E-state index in [1.54, 1.807) is 5.38 Å². The van der Waals surface area contributed by atoms with Gasteiger partial charge in [-0.05, 0) is 30.7 Å². The van der Waals surface area contributed by atoms with Gasteiger partial charge in [0.15, 0.2) is 0 Å². The standard InChI is InChI=1S/C11H14N2O4S/c14-9(15)7-2-5-18-8(7)13-10(16)12-6-11(17)3-1-4-11/h2,5,17H,1,3-4,6H2,(H,14,15)(H2,12,13,16). The molecule has 0 aliphatic heterocycles. The minimum Gasteiger partial charge on any atom is -0.478 e. The number of carboxylic acid groups (broad SMARTS) is 1. The summed E-state index contributed by atoms with van der Waals surface area (Å²) in [6, 6.07) is 0.933. The average molecular weight is 270 g/mol. The summed E-state index contributed by atoms with van der Waals surface area (Å²) in [6.45, 7) is 0.187. The molecule has 0 saturated heterocycles. The molecule has 4 N–H and O–H groups in total. The molecule has 2 rings (SSSR count). The number of hydrogen-bond donors (Lipinski definition) is 4. The Balaban J connectivity index is 1.87. The molecule has 0 radical (unpaired) electrons. The lowest BCUT2D eigenvalue weighted by Gasteiger charge is -2.36. The first-order valence-electron chi connectivity index (χ1n) is 5.58. The normalized spacial score (nSPS) is 16.7. The van der Waals surface area contributed by atoms with Crippen LogP contribution in [0.5, 0.6) is 0 Å². The van der Waals surface area contributed by atoms with E-state index in [0.717, 1.165) is 17.8 Å². The maximum Gasteiger partial charge on any atom is 0.338 e. The monoisotopic (exact) mass is 270 g/mol. The van der Waals surface area contributed by atoms with Gasteiger partial charge >= 0.3 is 12.0 Å². The molecule has 1 heterocycles. The van der Waals surface area contributed by atoms with Crippen molar-refractivity contribution in [2.75, 3.05) is 11.9 Å². The third kappa shape index (κ3) is 2.80.